The fourth-order valence-electron chi connectivity index (χ4n) is 3.53. The van der Waals surface area contributed by atoms with Crippen LogP contribution in [-0.4, -0.2) is 45.7 Å². The lowest BCUT2D eigenvalue weighted by molar-refractivity contribution is 0.0950. The smallest absolute Gasteiger partial charge is 0.150 e. The average Bonchev–Trinajstić information content (AvgIpc) is 3.02. The van der Waals surface area contributed by atoms with Gasteiger partial charge in [-0.2, -0.15) is 0 Å². The van der Waals surface area contributed by atoms with Crippen LogP contribution in [0.3, 0.4) is 0 Å². The van der Waals surface area contributed by atoms with Gasteiger partial charge in [0, 0.05) is 6.61 Å². The number of hydrogen-bond acceptors (Lipinski definition) is 4. The molecule has 2 aliphatic rings. The number of ether oxygens (including phenoxy) is 1. The van der Waals surface area contributed by atoms with Crippen molar-refractivity contribution in [2.45, 2.75) is 52.1 Å². The summed E-state index contributed by atoms with van der Waals surface area (Å²) < 4.78 is 29.2. The summed E-state index contributed by atoms with van der Waals surface area (Å²) in [5.74, 6) is 2.24. The molecular weight excluding hydrogens is 286 g/mol. The van der Waals surface area contributed by atoms with E-state index in [9.17, 15) is 8.42 Å². The molecule has 2 rings (SSSR count). The Morgan fingerprint density at radius 2 is 2.05 bits per heavy atom. The molecule has 2 heterocycles. The van der Waals surface area contributed by atoms with Gasteiger partial charge in [0.2, 0.25) is 0 Å². The molecular formula is C16H31NO3S. The molecule has 3 atom stereocenters. The first-order chi connectivity index (χ1) is 9.96. The van der Waals surface area contributed by atoms with Crippen molar-refractivity contribution in [2.24, 2.45) is 17.8 Å². The molecule has 0 aromatic heterocycles. The van der Waals surface area contributed by atoms with Crippen LogP contribution >= 0.6 is 0 Å². The molecule has 2 aliphatic heterocycles. The Morgan fingerprint density at radius 1 is 1.24 bits per heavy atom. The fraction of sp³-hybridized carbons (Fsp3) is 1.00. The summed E-state index contributed by atoms with van der Waals surface area (Å²) in [6.07, 6.45) is 5.80. The summed E-state index contributed by atoms with van der Waals surface area (Å²) in [6.45, 7) is 7.27. The molecule has 0 amide bonds. The summed E-state index contributed by atoms with van der Waals surface area (Å²) in [6, 6.07) is 0. The van der Waals surface area contributed by atoms with Crippen molar-refractivity contribution in [2.75, 3.05) is 31.2 Å². The van der Waals surface area contributed by atoms with Crippen LogP contribution in [0.15, 0.2) is 0 Å². The van der Waals surface area contributed by atoms with Gasteiger partial charge < -0.3 is 10.1 Å². The first kappa shape index (κ1) is 17.2. The Hall–Kier alpha value is -0.130. The molecule has 124 valence electrons. The molecule has 3 unspecified atom stereocenters. The molecule has 5 heteroatoms. The molecule has 21 heavy (non-hydrogen) atoms. The molecule has 1 N–H and O–H groups in total. The maximum atomic E-state index is 11.7. The predicted molar refractivity (Wildman–Crippen MR) is 86.2 cm³/mol. The van der Waals surface area contributed by atoms with Gasteiger partial charge in [-0.25, -0.2) is 8.42 Å². The third-order valence-electron chi connectivity index (χ3n) is 4.78. The Bertz CT molecular complexity index is 402. The lowest BCUT2D eigenvalue weighted by atomic mass is 9.86. The van der Waals surface area contributed by atoms with Crippen LogP contribution in [0.1, 0.15) is 46.0 Å². The minimum Gasteiger partial charge on any atom is -0.378 e. The van der Waals surface area contributed by atoms with Crippen LogP contribution in [0, 0.1) is 17.8 Å². The second-order valence-electron chi connectivity index (χ2n) is 7.19. The highest BCUT2D eigenvalue weighted by molar-refractivity contribution is 7.91. The number of hydrogen-bond donors (Lipinski definition) is 1. The molecule has 2 fully saturated rings. The van der Waals surface area contributed by atoms with Crippen molar-refractivity contribution >= 4 is 9.84 Å². The van der Waals surface area contributed by atoms with Gasteiger partial charge in [-0.3, -0.25) is 0 Å². The van der Waals surface area contributed by atoms with Crippen molar-refractivity contribution < 1.29 is 13.2 Å². The first-order valence-corrected chi connectivity index (χ1v) is 10.3. The first-order valence-electron chi connectivity index (χ1n) is 8.49. The van der Waals surface area contributed by atoms with E-state index >= 15 is 0 Å². The van der Waals surface area contributed by atoms with Gasteiger partial charge in [-0.1, -0.05) is 13.8 Å². The number of nitrogens with one attached hydrogen (secondary N) is 1. The number of rotatable bonds is 8. The van der Waals surface area contributed by atoms with E-state index in [1.54, 1.807) is 0 Å². The van der Waals surface area contributed by atoms with E-state index in [1.807, 2.05) is 0 Å². The lowest BCUT2D eigenvalue weighted by Crippen LogP contribution is -2.32. The van der Waals surface area contributed by atoms with Crippen molar-refractivity contribution in [3.63, 3.8) is 0 Å². The van der Waals surface area contributed by atoms with E-state index in [-0.39, 0.29) is 0 Å². The Labute approximate surface area is 129 Å². The van der Waals surface area contributed by atoms with E-state index in [0.717, 1.165) is 39.0 Å². The monoisotopic (exact) mass is 317 g/mol. The van der Waals surface area contributed by atoms with Crippen LogP contribution in [-0.2, 0) is 14.6 Å². The van der Waals surface area contributed by atoms with Crippen LogP contribution < -0.4 is 5.32 Å². The van der Waals surface area contributed by atoms with E-state index in [4.69, 9.17) is 4.74 Å². The zero-order valence-electron chi connectivity index (χ0n) is 13.5. The van der Waals surface area contributed by atoms with Gasteiger partial charge in [-0.05, 0) is 62.9 Å². The highest BCUT2D eigenvalue weighted by Gasteiger charge is 2.33. The van der Waals surface area contributed by atoms with Crippen LogP contribution in [0.25, 0.3) is 0 Å². The van der Waals surface area contributed by atoms with Gasteiger partial charge in [0.05, 0.1) is 17.6 Å². The maximum Gasteiger partial charge on any atom is 0.150 e. The summed E-state index contributed by atoms with van der Waals surface area (Å²) in [5.41, 5.74) is 0. The van der Waals surface area contributed by atoms with E-state index in [1.165, 1.54) is 12.8 Å². The zero-order chi connectivity index (χ0) is 15.3. The summed E-state index contributed by atoms with van der Waals surface area (Å²) in [4.78, 5) is 0. The highest BCUT2D eigenvalue weighted by Crippen LogP contribution is 2.30. The van der Waals surface area contributed by atoms with Crippen molar-refractivity contribution in [1.29, 1.82) is 0 Å². The number of sulfone groups is 1. The standard InChI is InChI=1S/C16H31NO3S/c1-13(2)10-17-11-14(5-6-16-4-3-8-20-16)15-7-9-21(18,19)12-15/h13-17H,3-12H2,1-2H3. The predicted octanol–water partition coefficient (Wildman–Crippen LogP) is 2.24. The van der Waals surface area contributed by atoms with Gasteiger partial charge in [-0.15, -0.1) is 0 Å². The molecule has 0 aromatic carbocycles. The van der Waals surface area contributed by atoms with Crippen molar-refractivity contribution in [3.8, 4) is 0 Å². The molecule has 0 aliphatic carbocycles. The Balaban J connectivity index is 1.83. The normalized spacial score (nSPS) is 30.0. The van der Waals surface area contributed by atoms with Crippen LogP contribution in [0.5, 0.6) is 0 Å². The lowest BCUT2D eigenvalue weighted by Gasteiger charge is -2.25. The Kier molecular flexibility index (Phi) is 6.51. The van der Waals surface area contributed by atoms with Gasteiger partial charge in [0.1, 0.15) is 0 Å². The maximum absolute atomic E-state index is 11.7. The third-order valence-corrected chi connectivity index (χ3v) is 6.57. The summed E-state index contributed by atoms with van der Waals surface area (Å²) in [5, 5.41) is 3.53. The Morgan fingerprint density at radius 3 is 2.62 bits per heavy atom. The largest absolute Gasteiger partial charge is 0.378 e. The average molecular weight is 317 g/mol. The van der Waals surface area contributed by atoms with Crippen molar-refractivity contribution in [1.82, 2.24) is 5.32 Å². The molecule has 0 spiro atoms. The molecule has 0 bridgehead atoms. The quantitative estimate of drug-likeness (QED) is 0.746. The van der Waals surface area contributed by atoms with E-state index in [2.05, 4.69) is 19.2 Å². The summed E-state index contributed by atoms with van der Waals surface area (Å²) in [7, 11) is -2.78. The van der Waals surface area contributed by atoms with Crippen LogP contribution in [0.2, 0.25) is 0 Å². The minimum atomic E-state index is -2.78. The van der Waals surface area contributed by atoms with Crippen LogP contribution in [0.4, 0.5) is 0 Å². The van der Waals surface area contributed by atoms with E-state index < -0.39 is 9.84 Å². The van der Waals surface area contributed by atoms with Gasteiger partial charge in [0.25, 0.3) is 0 Å². The molecule has 0 radical (unpaired) electrons. The van der Waals surface area contributed by atoms with Crippen molar-refractivity contribution in [3.05, 3.63) is 0 Å². The van der Waals surface area contributed by atoms with Gasteiger partial charge >= 0.3 is 0 Å². The molecule has 0 aromatic rings. The molecule has 0 saturated carbocycles. The second-order valence-corrected chi connectivity index (χ2v) is 9.42. The highest BCUT2D eigenvalue weighted by atomic mass is 32.2. The van der Waals surface area contributed by atoms with Gasteiger partial charge in [0.15, 0.2) is 9.84 Å². The molecule has 2 saturated heterocycles. The molecule has 4 nitrogen and oxygen atoms in total. The topological polar surface area (TPSA) is 55.4 Å². The zero-order valence-corrected chi connectivity index (χ0v) is 14.3. The fourth-order valence-corrected chi connectivity index (χ4v) is 5.45. The summed E-state index contributed by atoms with van der Waals surface area (Å²) >= 11 is 0. The van der Waals surface area contributed by atoms with E-state index in [0.29, 0.717) is 35.4 Å². The second kappa shape index (κ2) is 7.93. The third kappa shape index (κ3) is 5.87. The SMILES string of the molecule is CC(C)CNCC(CCC1CCCO1)C1CCS(=O)(=O)C1. The minimum absolute atomic E-state index is 0.344.